The Balaban J connectivity index is 2.55. The SMILES string of the molecule is CCCn1ncnc1CC(N)CC(C)(C)OC. The zero-order chi connectivity index (χ0) is 12.9. The maximum atomic E-state index is 6.13. The molecule has 1 aromatic heterocycles. The molecule has 0 saturated carbocycles. The van der Waals surface area contributed by atoms with Crippen molar-refractivity contribution >= 4 is 0 Å². The third-order valence-electron chi connectivity index (χ3n) is 2.88. The van der Waals surface area contributed by atoms with E-state index < -0.39 is 0 Å². The van der Waals surface area contributed by atoms with Gasteiger partial charge in [-0.1, -0.05) is 6.92 Å². The van der Waals surface area contributed by atoms with Crippen LogP contribution in [0.3, 0.4) is 0 Å². The molecule has 0 spiro atoms. The highest BCUT2D eigenvalue weighted by Crippen LogP contribution is 2.16. The summed E-state index contributed by atoms with van der Waals surface area (Å²) in [6.07, 6.45) is 4.20. The smallest absolute Gasteiger partial charge is 0.138 e. The minimum Gasteiger partial charge on any atom is -0.379 e. The van der Waals surface area contributed by atoms with Crippen LogP contribution in [0.4, 0.5) is 0 Å². The molecule has 1 rings (SSSR count). The first-order valence-electron chi connectivity index (χ1n) is 6.16. The van der Waals surface area contributed by atoms with E-state index in [0.717, 1.165) is 31.6 Å². The van der Waals surface area contributed by atoms with Gasteiger partial charge in [-0.05, 0) is 26.7 Å². The summed E-state index contributed by atoms with van der Waals surface area (Å²) in [5, 5.41) is 4.19. The second kappa shape index (κ2) is 6.12. The first-order valence-corrected chi connectivity index (χ1v) is 6.16. The lowest BCUT2D eigenvalue weighted by Gasteiger charge is -2.26. The molecular weight excluding hydrogens is 216 g/mol. The lowest BCUT2D eigenvalue weighted by atomic mass is 9.97. The van der Waals surface area contributed by atoms with Crippen molar-refractivity contribution in [3.05, 3.63) is 12.2 Å². The van der Waals surface area contributed by atoms with Crippen molar-refractivity contribution in [1.29, 1.82) is 0 Å². The summed E-state index contributed by atoms with van der Waals surface area (Å²) < 4.78 is 7.31. The van der Waals surface area contributed by atoms with Crippen molar-refractivity contribution in [1.82, 2.24) is 14.8 Å². The summed E-state index contributed by atoms with van der Waals surface area (Å²) in [4.78, 5) is 4.26. The highest BCUT2D eigenvalue weighted by Gasteiger charge is 2.21. The molecule has 0 aliphatic carbocycles. The van der Waals surface area contributed by atoms with Gasteiger partial charge < -0.3 is 10.5 Å². The van der Waals surface area contributed by atoms with Crippen LogP contribution in [0.5, 0.6) is 0 Å². The molecule has 1 heterocycles. The number of rotatable bonds is 7. The molecule has 1 aromatic rings. The molecule has 98 valence electrons. The summed E-state index contributed by atoms with van der Waals surface area (Å²) in [6, 6.07) is 0.0461. The van der Waals surface area contributed by atoms with Gasteiger partial charge in [-0.25, -0.2) is 4.98 Å². The molecule has 0 aliphatic heterocycles. The topological polar surface area (TPSA) is 66.0 Å². The van der Waals surface area contributed by atoms with Crippen LogP contribution in [0.1, 0.15) is 39.4 Å². The Bertz CT molecular complexity index is 335. The van der Waals surface area contributed by atoms with Crippen LogP contribution in [-0.2, 0) is 17.7 Å². The van der Waals surface area contributed by atoms with E-state index in [-0.39, 0.29) is 11.6 Å². The maximum Gasteiger partial charge on any atom is 0.138 e. The molecule has 5 heteroatoms. The van der Waals surface area contributed by atoms with Crippen molar-refractivity contribution in [2.75, 3.05) is 7.11 Å². The predicted molar refractivity (Wildman–Crippen MR) is 67.7 cm³/mol. The first kappa shape index (κ1) is 14.1. The second-order valence-corrected chi connectivity index (χ2v) is 5.03. The molecule has 0 aromatic carbocycles. The zero-order valence-electron chi connectivity index (χ0n) is 11.3. The zero-order valence-corrected chi connectivity index (χ0v) is 11.3. The van der Waals surface area contributed by atoms with Gasteiger partial charge >= 0.3 is 0 Å². The molecule has 0 saturated heterocycles. The fraction of sp³-hybridized carbons (Fsp3) is 0.833. The van der Waals surface area contributed by atoms with Crippen molar-refractivity contribution < 1.29 is 4.74 Å². The number of methoxy groups -OCH3 is 1. The summed E-state index contributed by atoms with van der Waals surface area (Å²) in [6.45, 7) is 7.11. The first-order chi connectivity index (χ1) is 7.98. The van der Waals surface area contributed by atoms with Crippen molar-refractivity contribution in [3.63, 3.8) is 0 Å². The van der Waals surface area contributed by atoms with Gasteiger partial charge in [-0.15, -0.1) is 0 Å². The number of aryl methyl sites for hydroxylation is 1. The van der Waals surface area contributed by atoms with Gasteiger partial charge in [0.1, 0.15) is 12.2 Å². The van der Waals surface area contributed by atoms with Crippen LogP contribution in [0, 0.1) is 0 Å². The number of nitrogens with zero attached hydrogens (tertiary/aromatic N) is 3. The fourth-order valence-corrected chi connectivity index (χ4v) is 1.87. The standard InChI is InChI=1S/C12H24N4O/c1-5-6-16-11(14-9-15-16)7-10(13)8-12(2,3)17-4/h9-10H,5-8,13H2,1-4H3. The fourth-order valence-electron chi connectivity index (χ4n) is 1.87. The Morgan fingerprint density at radius 1 is 1.53 bits per heavy atom. The van der Waals surface area contributed by atoms with E-state index in [1.807, 2.05) is 18.5 Å². The van der Waals surface area contributed by atoms with E-state index >= 15 is 0 Å². The van der Waals surface area contributed by atoms with Crippen LogP contribution in [-0.4, -0.2) is 33.5 Å². The van der Waals surface area contributed by atoms with Crippen molar-refractivity contribution in [3.8, 4) is 0 Å². The van der Waals surface area contributed by atoms with Gasteiger partial charge in [0.2, 0.25) is 0 Å². The van der Waals surface area contributed by atoms with Gasteiger partial charge in [0.25, 0.3) is 0 Å². The average molecular weight is 240 g/mol. The Morgan fingerprint density at radius 2 is 2.24 bits per heavy atom. The van der Waals surface area contributed by atoms with E-state index in [4.69, 9.17) is 10.5 Å². The number of hydrogen-bond donors (Lipinski definition) is 1. The van der Waals surface area contributed by atoms with E-state index in [2.05, 4.69) is 17.0 Å². The van der Waals surface area contributed by atoms with Gasteiger partial charge in [-0.2, -0.15) is 5.10 Å². The van der Waals surface area contributed by atoms with Crippen molar-refractivity contribution in [2.45, 2.75) is 58.2 Å². The molecule has 1 atom stereocenters. The molecule has 5 nitrogen and oxygen atoms in total. The second-order valence-electron chi connectivity index (χ2n) is 5.03. The Labute approximate surface area is 103 Å². The highest BCUT2D eigenvalue weighted by atomic mass is 16.5. The van der Waals surface area contributed by atoms with E-state index in [1.165, 1.54) is 0 Å². The van der Waals surface area contributed by atoms with Gasteiger partial charge in [0.15, 0.2) is 0 Å². The minimum absolute atomic E-state index is 0.0461. The molecule has 0 aliphatic rings. The largest absolute Gasteiger partial charge is 0.379 e. The van der Waals surface area contributed by atoms with E-state index in [1.54, 1.807) is 13.4 Å². The number of nitrogens with two attached hydrogens (primary N) is 1. The van der Waals surface area contributed by atoms with Crippen LogP contribution in [0.2, 0.25) is 0 Å². The molecule has 0 radical (unpaired) electrons. The Morgan fingerprint density at radius 3 is 2.82 bits per heavy atom. The average Bonchev–Trinajstić information content (AvgIpc) is 2.65. The molecular formula is C12H24N4O. The summed E-state index contributed by atoms with van der Waals surface area (Å²) in [5.41, 5.74) is 5.95. The quantitative estimate of drug-likeness (QED) is 0.781. The van der Waals surface area contributed by atoms with E-state index in [0.29, 0.717) is 0 Å². The minimum atomic E-state index is -0.185. The monoisotopic (exact) mass is 240 g/mol. The Hall–Kier alpha value is -0.940. The molecule has 0 fully saturated rings. The van der Waals surface area contributed by atoms with Crippen LogP contribution < -0.4 is 5.73 Å². The normalized spacial score (nSPS) is 13.9. The summed E-state index contributed by atoms with van der Waals surface area (Å²) in [7, 11) is 1.71. The molecule has 1 unspecified atom stereocenters. The lowest BCUT2D eigenvalue weighted by molar-refractivity contribution is 0.0100. The van der Waals surface area contributed by atoms with Crippen LogP contribution in [0.25, 0.3) is 0 Å². The number of ether oxygens (including phenoxy) is 1. The summed E-state index contributed by atoms with van der Waals surface area (Å²) in [5.74, 6) is 0.964. The van der Waals surface area contributed by atoms with Crippen LogP contribution >= 0.6 is 0 Å². The maximum absolute atomic E-state index is 6.13. The highest BCUT2D eigenvalue weighted by molar-refractivity contribution is 4.91. The summed E-state index contributed by atoms with van der Waals surface area (Å²) >= 11 is 0. The van der Waals surface area contributed by atoms with Gasteiger partial charge in [0, 0.05) is 26.1 Å². The van der Waals surface area contributed by atoms with Crippen molar-refractivity contribution in [2.24, 2.45) is 5.73 Å². The van der Waals surface area contributed by atoms with Gasteiger partial charge in [0.05, 0.1) is 5.60 Å². The van der Waals surface area contributed by atoms with Gasteiger partial charge in [-0.3, -0.25) is 4.68 Å². The molecule has 17 heavy (non-hydrogen) atoms. The molecule has 2 N–H and O–H groups in total. The lowest BCUT2D eigenvalue weighted by Crippen LogP contribution is -2.35. The number of hydrogen-bond acceptors (Lipinski definition) is 4. The third-order valence-corrected chi connectivity index (χ3v) is 2.88. The molecule has 0 bridgehead atoms. The number of aromatic nitrogens is 3. The predicted octanol–water partition coefficient (Wildman–Crippen LogP) is 1.37. The third kappa shape index (κ3) is 4.44. The van der Waals surface area contributed by atoms with E-state index in [9.17, 15) is 0 Å². The van der Waals surface area contributed by atoms with Crippen LogP contribution in [0.15, 0.2) is 6.33 Å². The Kier molecular flexibility index (Phi) is 5.08. The molecule has 0 amide bonds.